The van der Waals surface area contributed by atoms with E-state index in [2.05, 4.69) is 0 Å². The fraction of sp³-hybridized carbons (Fsp3) is 0.333. The summed E-state index contributed by atoms with van der Waals surface area (Å²) < 4.78 is 52.4. The molecule has 6 nitrogen and oxygen atoms in total. The minimum atomic E-state index is -3.68. The lowest BCUT2D eigenvalue weighted by Gasteiger charge is -2.06. The summed E-state index contributed by atoms with van der Waals surface area (Å²) in [7, 11) is 1.25. The highest BCUT2D eigenvalue weighted by Gasteiger charge is 2.19. The molecule has 0 aromatic heterocycles. The van der Waals surface area contributed by atoms with E-state index in [-0.39, 0.29) is 18.8 Å². The first-order chi connectivity index (χ1) is 8.70. The van der Waals surface area contributed by atoms with E-state index in [1.165, 1.54) is 0 Å². The van der Waals surface area contributed by atoms with Crippen molar-refractivity contribution in [3.05, 3.63) is 33.9 Å². The van der Waals surface area contributed by atoms with Gasteiger partial charge in [0.15, 0.2) is 11.6 Å². The first kappa shape index (κ1) is 15.6. The first-order valence-electron chi connectivity index (χ1n) is 4.89. The Hall–Kier alpha value is -1.48. The van der Waals surface area contributed by atoms with E-state index in [1.54, 1.807) is 0 Å². The molecule has 0 aliphatic heterocycles. The molecule has 0 bridgehead atoms. The molecular formula is C9H8ClF2NO5S. The van der Waals surface area contributed by atoms with E-state index in [9.17, 15) is 27.3 Å². The Morgan fingerprint density at radius 2 is 1.95 bits per heavy atom. The molecule has 0 fully saturated rings. The number of nitro benzene ring substituents is 1. The highest BCUT2D eigenvalue weighted by atomic mass is 35.7. The monoisotopic (exact) mass is 315 g/mol. The van der Waals surface area contributed by atoms with Crippen LogP contribution in [0.15, 0.2) is 12.1 Å². The van der Waals surface area contributed by atoms with Crippen LogP contribution in [0.4, 0.5) is 14.5 Å². The second kappa shape index (κ2) is 6.11. The van der Waals surface area contributed by atoms with Crippen LogP contribution in [0.25, 0.3) is 0 Å². The molecule has 0 radical (unpaired) electrons. The van der Waals surface area contributed by atoms with E-state index in [4.69, 9.17) is 15.4 Å². The number of nitro groups is 1. The van der Waals surface area contributed by atoms with Crippen LogP contribution in [0.2, 0.25) is 0 Å². The van der Waals surface area contributed by atoms with Gasteiger partial charge in [0.05, 0.1) is 23.3 Å². The Labute approximate surface area is 111 Å². The zero-order valence-electron chi connectivity index (χ0n) is 9.31. The van der Waals surface area contributed by atoms with Crippen molar-refractivity contribution in [2.45, 2.75) is 6.42 Å². The third-order valence-electron chi connectivity index (χ3n) is 1.99. The molecule has 1 aromatic carbocycles. The maximum absolute atomic E-state index is 13.3. The van der Waals surface area contributed by atoms with Gasteiger partial charge in [-0.3, -0.25) is 10.1 Å². The van der Waals surface area contributed by atoms with Crippen molar-refractivity contribution in [1.29, 1.82) is 0 Å². The maximum atomic E-state index is 13.3. The summed E-state index contributed by atoms with van der Waals surface area (Å²) in [6.45, 7) is -0.222. The summed E-state index contributed by atoms with van der Waals surface area (Å²) in [6, 6.07) is 0.922. The summed E-state index contributed by atoms with van der Waals surface area (Å²) in [6.07, 6.45) is -0.0239. The lowest BCUT2D eigenvalue weighted by molar-refractivity contribution is -0.387. The predicted molar refractivity (Wildman–Crippen MR) is 62.8 cm³/mol. The molecule has 10 heteroatoms. The largest absolute Gasteiger partial charge is 0.490 e. The van der Waals surface area contributed by atoms with Gasteiger partial charge in [-0.15, -0.1) is 0 Å². The number of benzene rings is 1. The molecule has 0 spiro atoms. The SMILES string of the molecule is O=[N+]([O-])c1cc(F)c(OCCCS(=O)(=O)Cl)cc1F. The standard InChI is InChI=1S/C9H8ClF2NO5S/c10-19(16,17)3-1-2-18-9-5-6(11)8(13(14)15)4-7(9)12/h4-5H,1-3H2. The minimum Gasteiger partial charge on any atom is -0.490 e. The molecule has 0 heterocycles. The first-order valence-corrected chi connectivity index (χ1v) is 7.37. The van der Waals surface area contributed by atoms with Gasteiger partial charge in [-0.05, 0) is 6.42 Å². The molecule has 0 atom stereocenters. The molecule has 0 N–H and O–H groups in total. The average molecular weight is 316 g/mol. The van der Waals surface area contributed by atoms with E-state index in [1.807, 2.05) is 0 Å². The van der Waals surface area contributed by atoms with Gasteiger partial charge in [0.25, 0.3) is 0 Å². The number of nitrogens with zero attached hydrogens (tertiary/aromatic N) is 1. The third-order valence-corrected chi connectivity index (χ3v) is 3.23. The van der Waals surface area contributed by atoms with Gasteiger partial charge in [-0.1, -0.05) is 0 Å². The Balaban J connectivity index is 2.70. The molecule has 0 saturated carbocycles. The Morgan fingerprint density at radius 3 is 2.47 bits per heavy atom. The minimum absolute atomic E-state index is 0.0239. The van der Waals surface area contributed by atoms with Crippen LogP contribution in [-0.2, 0) is 9.05 Å². The average Bonchev–Trinajstić information content (AvgIpc) is 2.26. The van der Waals surface area contributed by atoms with Crippen molar-refractivity contribution in [2.75, 3.05) is 12.4 Å². The summed E-state index contributed by atoms with van der Waals surface area (Å²) in [5.74, 6) is -3.27. The molecule has 0 aliphatic rings. The van der Waals surface area contributed by atoms with Gasteiger partial charge in [-0.25, -0.2) is 12.8 Å². The van der Waals surface area contributed by atoms with E-state index in [0.29, 0.717) is 12.1 Å². The molecule has 0 amide bonds. The molecule has 0 aliphatic carbocycles. The summed E-state index contributed by atoms with van der Waals surface area (Å²) in [4.78, 5) is 9.27. The molecule has 0 saturated heterocycles. The molecule has 19 heavy (non-hydrogen) atoms. The Bertz CT molecular complexity index is 593. The topological polar surface area (TPSA) is 86.5 Å². The van der Waals surface area contributed by atoms with Gasteiger partial charge in [-0.2, -0.15) is 4.39 Å². The predicted octanol–water partition coefficient (Wildman–Crippen LogP) is 2.21. The molecule has 0 unspecified atom stereocenters. The third kappa shape index (κ3) is 4.95. The van der Waals surface area contributed by atoms with E-state index in [0.717, 1.165) is 0 Å². The number of hydrogen-bond donors (Lipinski definition) is 0. The van der Waals surface area contributed by atoms with Crippen molar-refractivity contribution in [1.82, 2.24) is 0 Å². The van der Waals surface area contributed by atoms with Crippen LogP contribution in [0.5, 0.6) is 5.75 Å². The highest BCUT2D eigenvalue weighted by molar-refractivity contribution is 8.13. The van der Waals surface area contributed by atoms with Gasteiger partial charge in [0, 0.05) is 16.7 Å². The Kier molecular flexibility index (Phi) is 5.01. The lowest BCUT2D eigenvalue weighted by atomic mass is 10.3. The molecule has 106 valence electrons. The van der Waals surface area contributed by atoms with Crippen LogP contribution in [0.3, 0.4) is 0 Å². The van der Waals surface area contributed by atoms with Gasteiger partial charge >= 0.3 is 5.69 Å². The van der Waals surface area contributed by atoms with Crippen molar-refractivity contribution >= 4 is 25.4 Å². The second-order valence-electron chi connectivity index (χ2n) is 3.44. The fourth-order valence-corrected chi connectivity index (χ4v) is 1.97. The number of rotatable bonds is 6. The molecular weight excluding hydrogens is 308 g/mol. The lowest BCUT2D eigenvalue weighted by Crippen LogP contribution is -2.06. The number of hydrogen-bond acceptors (Lipinski definition) is 5. The van der Waals surface area contributed by atoms with Crippen molar-refractivity contribution in [3.8, 4) is 5.75 Å². The number of halogens is 3. The second-order valence-corrected chi connectivity index (χ2v) is 6.33. The van der Waals surface area contributed by atoms with Crippen molar-refractivity contribution in [2.24, 2.45) is 0 Å². The zero-order chi connectivity index (χ0) is 14.6. The fourth-order valence-electron chi connectivity index (χ4n) is 1.18. The molecule has 1 rings (SSSR count). The van der Waals surface area contributed by atoms with E-state index < -0.39 is 37.0 Å². The summed E-state index contributed by atoms with van der Waals surface area (Å²) in [5.41, 5.74) is -1.01. The smallest absolute Gasteiger partial charge is 0.307 e. The van der Waals surface area contributed by atoms with Gasteiger partial charge < -0.3 is 4.74 Å². The quantitative estimate of drug-likeness (QED) is 0.347. The van der Waals surface area contributed by atoms with Crippen LogP contribution in [0.1, 0.15) is 6.42 Å². The van der Waals surface area contributed by atoms with Crippen LogP contribution >= 0.6 is 10.7 Å². The number of ether oxygens (including phenoxy) is 1. The van der Waals surface area contributed by atoms with Crippen LogP contribution in [0, 0.1) is 21.7 Å². The normalized spacial score (nSPS) is 11.3. The van der Waals surface area contributed by atoms with E-state index >= 15 is 0 Å². The summed E-state index contributed by atoms with van der Waals surface area (Å²) >= 11 is 0. The maximum Gasteiger partial charge on any atom is 0.307 e. The van der Waals surface area contributed by atoms with Crippen LogP contribution < -0.4 is 4.74 Å². The Morgan fingerprint density at radius 1 is 1.32 bits per heavy atom. The zero-order valence-corrected chi connectivity index (χ0v) is 10.9. The highest BCUT2D eigenvalue weighted by Crippen LogP contribution is 2.26. The van der Waals surface area contributed by atoms with Gasteiger partial charge in [0.2, 0.25) is 14.9 Å². The summed E-state index contributed by atoms with van der Waals surface area (Å²) in [5, 5.41) is 10.3. The van der Waals surface area contributed by atoms with Crippen molar-refractivity contribution < 1.29 is 26.9 Å². The molecule has 1 aromatic rings. The van der Waals surface area contributed by atoms with Gasteiger partial charge in [0.1, 0.15) is 0 Å². The van der Waals surface area contributed by atoms with Crippen LogP contribution in [-0.4, -0.2) is 25.7 Å². The van der Waals surface area contributed by atoms with Crippen molar-refractivity contribution in [3.63, 3.8) is 0 Å².